The van der Waals surface area contributed by atoms with Crippen LogP contribution >= 0.6 is 0 Å². The van der Waals surface area contributed by atoms with E-state index < -0.39 is 0 Å². The average molecular weight is 385 g/mol. The molecule has 0 heterocycles. The van der Waals surface area contributed by atoms with Gasteiger partial charge in [0.15, 0.2) is 0 Å². The number of carbonyl (C=O) groups excluding carboxylic acids is 2. The van der Waals surface area contributed by atoms with Crippen molar-refractivity contribution in [1.82, 2.24) is 4.90 Å². The van der Waals surface area contributed by atoms with Crippen molar-refractivity contribution in [3.8, 4) is 11.5 Å². The van der Waals surface area contributed by atoms with Gasteiger partial charge in [-0.05, 0) is 50.8 Å². The molecule has 0 fully saturated rings. The number of carbonyl (C=O) groups is 2. The van der Waals surface area contributed by atoms with E-state index in [1.165, 1.54) is 0 Å². The SMILES string of the molecule is COc1ccc(CC(=O)Nc2ccc(NC(=O)CN(C)C)c(C)c2)c(OC)c1. The lowest BCUT2D eigenvalue weighted by molar-refractivity contribution is -0.117. The number of rotatable bonds is 8. The molecule has 0 saturated carbocycles. The van der Waals surface area contributed by atoms with Gasteiger partial charge in [0.2, 0.25) is 11.8 Å². The Hall–Kier alpha value is -3.06. The summed E-state index contributed by atoms with van der Waals surface area (Å²) in [4.78, 5) is 26.1. The molecule has 0 atom stereocenters. The number of ether oxygens (including phenoxy) is 2. The summed E-state index contributed by atoms with van der Waals surface area (Å²) in [7, 11) is 6.81. The lowest BCUT2D eigenvalue weighted by Crippen LogP contribution is -2.27. The van der Waals surface area contributed by atoms with E-state index in [0.717, 1.165) is 16.8 Å². The first kappa shape index (κ1) is 21.2. The molecule has 0 aromatic heterocycles. The second-order valence-electron chi connectivity index (χ2n) is 6.72. The van der Waals surface area contributed by atoms with Crippen LogP contribution in [0.5, 0.6) is 11.5 Å². The number of nitrogens with one attached hydrogen (secondary N) is 2. The Morgan fingerprint density at radius 1 is 0.964 bits per heavy atom. The summed E-state index contributed by atoms with van der Waals surface area (Å²) >= 11 is 0. The van der Waals surface area contributed by atoms with Crippen molar-refractivity contribution in [2.75, 3.05) is 45.5 Å². The van der Waals surface area contributed by atoms with Gasteiger partial charge in [0.1, 0.15) is 11.5 Å². The fraction of sp³-hybridized carbons (Fsp3) is 0.333. The second-order valence-corrected chi connectivity index (χ2v) is 6.72. The Kier molecular flexibility index (Phi) is 7.40. The average Bonchev–Trinajstić information content (AvgIpc) is 2.63. The molecule has 0 unspecified atom stereocenters. The minimum Gasteiger partial charge on any atom is -0.497 e. The fourth-order valence-corrected chi connectivity index (χ4v) is 2.73. The molecule has 0 saturated heterocycles. The molecule has 0 aliphatic rings. The molecule has 0 spiro atoms. The molecule has 2 aromatic rings. The summed E-state index contributed by atoms with van der Waals surface area (Å²) in [6, 6.07) is 10.7. The maximum absolute atomic E-state index is 12.4. The number of hydrogen-bond donors (Lipinski definition) is 2. The normalized spacial score (nSPS) is 10.5. The van der Waals surface area contributed by atoms with E-state index >= 15 is 0 Å². The molecule has 150 valence electrons. The van der Waals surface area contributed by atoms with E-state index in [1.54, 1.807) is 43.4 Å². The second kappa shape index (κ2) is 9.75. The molecule has 0 bridgehead atoms. The fourth-order valence-electron chi connectivity index (χ4n) is 2.73. The zero-order valence-electron chi connectivity index (χ0n) is 17.0. The molecule has 2 rings (SSSR count). The number of likely N-dealkylation sites (N-methyl/N-ethyl adjacent to an activating group) is 1. The van der Waals surface area contributed by atoms with Gasteiger partial charge in [0.05, 0.1) is 27.2 Å². The number of anilines is 2. The third-order valence-corrected chi connectivity index (χ3v) is 4.09. The molecule has 28 heavy (non-hydrogen) atoms. The van der Waals surface area contributed by atoms with Crippen molar-refractivity contribution in [2.24, 2.45) is 0 Å². The van der Waals surface area contributed by atoms with E-state index in [-0.39, 0.29) is 18.2 Å². The highest BCUT2D eigenvalue weighted by Gasteiger charge is 2.12. The molecule has 7 nitrogen and oxygen atoms in total. The van der Waals surface area contributed by atoms with Crippen LogP contribution in [0.25, 0.3) is 0 Å². The Bertz CT molecular complexity index is 850. The first-order chi connectivity index (χ1) is 13.3. The summed E-state index contributed by atoms with van der Waals surface area (Å²) in [5.41, 5.74) is 3.03. The van der Waals surface area contributed by atoms with Crippen LogP contribution < -0.4 is 20.1 Å². The van der Waals surface area contributed by atoms with Crippen molar-refractivity contribution < 1.29 is 19.1 Å². The summed E-state index contributed by atoms with van der Waals surface area (Å²) in [6.07, 6.45) is 0.174. The third kappa shape index (κ3) is 5.99. The maximum Gasteiger partial charge on any atom is 0.238 e. The van der Waals surface area contributed by atoms with Crippen molar-refractivity contribution in [1.29, 1.82) is 0 Å². The first-order valence-electron chi connectivity index (χ1n) is 8.88. The standard InChI is InChI=1S/C21H27N3O4/c1-14-10-16(7-9-18(14)23-21(26)13-24(2)3)22-20(25)11-15-6-8-17(27-4)12-19(15)28-5/h6-10,12H,11,13H2,1-5H3,(H,22,25)(H,23,26). The van der Waals surface area contributed by atoms with E-state index in [1.807, 2.05) is 33.2 Å². The van der Waals surface area contributed by atoms with Crippen LogP contribution in [0.3, 0.4) is 0 Å². The molecule has 0 aliphatic carbocycles. The summed E-state index contributed by atoms with van der Waals surface area (Å²) in [6.45, 7) is 2.19. The van der Waals surface area contributed by atoms with Crippen molar-refractivity contribution >= 4 is 23.2 Å². The Morgan fingerprint density at radius 3 is 2.32 bits per heavy atom. The van der Waals surface area contributed by atoms with Gasteiger partial charge in [-0.25, -0.2) is 0 Å². The summed E-state index contributed by atoms with van der Waals surface area (Å²) in [5.74, 6) is 1.02. The van der Waals surface area contributed by atoms with E-state index in [9.17, 15) is 9.59 Å². The van der Waals surface area contributed by atoms with Crippen molar-refractivity contribution in [3.63, 3.8) is 0 Å². The predicted octanol–water partition coefficient (Wildman–Crippen LogP) is 2.69. The molecule has 7 heteroatoms. The topological polar surface area (TPSA) is 79.9 Å². The smallest absolute Gasteiger partial charge is 0.238 e. The van der Waals surface area contributed by atoms with Crippen LogP contribution in [0.15, 0.2) is 36.4 Å². The molecule has 2 N–H and O–H groups in total. The molecule has 2 aromatic carbocycles. The van der Waals surface area contributed by atoms with Crippen LogP contribution in [0.4, 0.5) is 11.4 Å². The highest BCUT2D eigenvalue weighted by molar-refractivity contribution is 5.95. The molecule has 0 aliphatic heterocycles. The van der Waals surface area contributed by atoms with Crippen LogP contribution in [0.2, 0.25) is 0 Å². The van der Waals surface area contributed by atoms with Gasteiger partial charge < -0.3 is 25.0 Å². The number of nitrogens with zero attached hydrogens (tertiary/aromatic N) is 1. The summed E-state index contributed by atoms with van der Waals surface area (Å²) in [5, 5.41) is 5.74. The third-order valence-electron chi connectivity index (χ3n) is 4.09. The van der Waals surface area contributed by atoms with Crippen LogP contribution in [0.1, 0.15) is 11.1 Å². The van der Waals surface area contributed by atoms with Gasteiger partial charge in [0, 0.05) is 23.0 Å². The molecule has 2 amide bonds. The highest BCUT2D eigenvalue weighted by atomic mass is 16.5. The zero-order chi connectivity index (χ0) is 20.7. The van der Waals surface area contributed by atoms with Crippen LogP contribution in [-0.2, 0) is 16.0 Å². The van der Waals surface area contributed by atoms with Crippen molar-refractivity contribution in [3.05, 3.63) is 47.5 Å². The van der Waals surface area contributed by atoms with Crippen LogP contribution in [0, 0.1) is 6.92 Å². The van der Waals surface area contributed by atoms with Gasteiger partial charge in [0.25, 0.3) is 0 Å². The number of benzene rings is 2. The van der Waals surface area contributed by atoms with E-state index in [0.29, 0.717) is 23.7 Å². The number of amides is 2. The quantitative estimate of drug-likeness (QED) is 0.730. The van der Waals surface area contributed by atoms with Gasteiger partial charge in [-0.1, -0.05) is 6.07 Å². The van der Waals surface area contributed by atoms with Crippen LogP contribution in [-0.4, -0.2) is 51.6 Å². The summed E-state index contributed by atoms with van der Waals surface area (Å²) < 4.78 is 10.5. The Morgan fingerprint density at radius 2 is 1.71 bits per heavy atom. The van der Waals surface area contributed by atoms with Gasteiger partial charge in [-0.15, -0.1) is 0 Å². The molecule has 0 radical (unpaired) electrons. The largest absolute Gasteiger partial charge is 0.497 e. The number of aryl methyl sites for hydroxylation is 1. The first-order valence-corrected chi connectivity index (χ1v) is 8.88. The lowest BCUT2D eigenvalue weighted by Gasteiger charge is -2.14. The maximum atomic E-state index is 12.4. The predicted molar refractivity (Wildman–Crippen MR) is 110 cm³/mol. The van der Waals surface area contributed by atoms with E-state index in [2.05, 4.69) is 10.6 Å². The Labute approximate surface area is 165 Å². The highest BCUT2D eigenvalue weighted by Crippen LogP contribution is 2.25. The minimum absolute atomic E-state index is 0.0866. The molecular formula is C21H27N3O4. The van der Waals surface area contributed by atoms with E-state index in [4.69, 9.17) is 9.47 Å². The monoisotopic (exact) mass is 385 g/mol. The van der Waals surface area contributed by atoms with Gasteiger partial charge in [-0.2, -0.15) is 0 Å². The van der Waals surface area contributed by atoms with Crippen molar-refractivity contribution in [2.45, 2.75) is 13.3 Å². The van der Waals surface area contributed by atoms with Gasteiger partial charge >= 0.3 is 0 Å². The lowest BCUT2D eigenvalue weighted by atomic mass is 10.1. The number of methoxy groups -OCH3 is 2. The Balaban J connectivity index is 2.02. The minimum atomic E-state index is -0.160. The number of hydrogen-bond acceptors (Lipinski definition) is 5. The molecular weight excluding hydrogens is 358 g/mol. The zero-order valence-corrected chi connectivity index (χ0v) is 17.0. The van der Waals surface area contributed by atoms with Gasteiger partial charge in [-0.3, -0.25) is 9.59 Å².